The number of carbonyl (C=O) groups is 2. The Labute approximate surface area is 198 Å². The molecule has 3 rings (SSSR count). The van der Waals surface area contributed by atoms with Crippen molar-refractivity contribution in [2.75, 3.05) is 12.4 Å². The summed E-state index contributed by atoms with van der Waals surface area (Å²) < 4.78 is 10.9. The van der Waals surface area contributed by atoms with Crippen LogP contribution in [0.1, 0.15) is 17.2 Å². The molecule has 0 fully saturated rings. The van der Waals surface area contributed by atoms with Gasteiger partial charge in [0.1, 0.15) is 5.75 Å². The Bertz CT molecular complexity index is 1180. The maximum absolute atomic E-state index is 13.0. The zero-order chi connectivity index (χ0) is 23.8. The van der Waals surface area contributed by atoms with Gasteiger partial charge in [-0.1, -0.05) is 42.5 Å². The molecule has 1 unspecified atom stereocenters. The summed E-state index contributed by atoms with van der Waals surface area (Å²) in [7, 11) is 1.56. The third kappa shape index (κ3) is 6.50. The van der Waals surface area contributed by atoms with Crippen molar-refractivity contribution in [3.05, 3.63) is 105 Å². The van der Waals surface area contributed by atoms with E-state index in [1.165, 1.54) is 24.3 Å². The molecule has 0 radical (unpaired) electrons. The number of methoxy groups -OCH3 is 1. The maximum atomic E-state index is 13.0. The molecule has 0 bridgehead atoms. The zero-order valence-electron chi connectivity index (χ0n) is 17.4. The number of amides is 1. The van der Waals surface area contributed by atoms with Crippen molar-refractivity contribution in [3.63, 3.8) is 0 Å². The molecule has 9 heteroatoms. The molecule has 0 aliphatic heterocycles. The molecule has 8 nitrogen and oxygen atoms in total. The first-order chi connectivity index (χ1) is 15.9. The Balaban J connectivity index is 1.77. The fourth-order valence-corrected chi connectivity index (χ4v) is 3.32. The highest BCUT2D eigenvalue weighted by Crippen LogP contribution is 2.29. The Kier molecular flexibility index (Phi) is 7.93. The number of nitrogens with one attached hydrogen (secondary N) is 1. The third-order valence-electron chi connectivity index (χ3n) is 4.52. The van der Waals surface area contributed by atoms with Gasteiger partial charge in [-0.25, -0.2) is 4.79 Å². The molecule has 0 heterocycles. The van der Waals surface area contributed by atoms with Gasteiger partial charge in [0.05, 0.1) is 17.7 Å². The predicted octanol–water partition coefficient (Wildman–Crippen LogP) is 5.30. The summed E-state index contributed by atoms with van der Waals surface area (Å²) >= 11 is 3.21. The van der Waals surface area contributed by atoms with E-state index >= 15 is 0 Å². The average molecular weight is 511 g/mol. The van der Waals surface area contributed by atoms with Crippen LogP contribution in [0.2, 0.25) is 0 Å². The number of hydrogen-bond acceptors (Lipinski definition) is 6. The van der Waals surface area contributed by atoms with Crippen molar-refractivity contribution in [2.24, 2.45) is 0 Å². The smallest absolute Gasteiger partial charge is 0.331 e. The molecular weight excluding hydrogens is 492 g/mol. The van der Waals surface area contributed by atoms with Gasteiger partial charge in [-0.3, -0.25) is 14.9 Å². The molecule has 0 aliphatic carbocycles. The quantitative estimate of drug-likeness (QED) is 0.190. The van der Waals surface area contributed by atoms with Crippen molar-refractivity contribution < 1.29 is 24.0 Å². The van der Waals surface area contributed by atoms with Crippen molar-refractivity contribution in [1.29, 1.82) is 0 Å². The van der Waals surface area contributed by atoms with Crippen LogP contribution in [0.4, 0.5) is 11.4 Å². The number of anilines is 1. The summed E-state index contributed by atoms with van der Waals surface area (Å²) in [6.45, 7) is 0. The van der Waals surface area contributed by atoms with Gasteiger partial charge in [-0.15, -0.1) is 0 Å². The number of non-ortho nitro benzene ring substituents is 1. The zero-order valence-corrected chi connectivity index (χ0v) is 19.0. The Morgan fingerprint density at radius 1 is 1.06 bits per heavy atom. The van der Waals surface area contributed by atoms with E-state index in [2.05, 4.69) is 21.2 Å². The molecule has 0 spiro atoms. The number of ether oxygens (including phenoxy) is 2. The lowest BCUT2D eigenvalue weighted by Gasteiger charge is -2.18. The second-order valence-electron chi connectivity index (χ2n) is 6.74. The van der Waals surface area contributed by atoms with Crippen LogP contribution in [0.25, 0.3) is 6.08 Å². The first kappa shape index (κ1) is 23.7. The number of rotatable bonds is 8. The van der Waals surface area contributed by atoms with Crippen LogP contribution < -0.4 is 10.1 Å². The fraction of sp³-hybridized carbons (Fsp3) is 0.0833. The summed E-state index contributed by atoms with van der Waals surface area (Å²) in [4.78, 5) is 35.8. The molecule has 0 aromatic heterocycles. The predicted molar refractivity (Wildman–Crippen MR) is 127 cm³/mol. The van der Waals surface area contributed by atoms with Crippen LogP contribution in [0.15, 0.2) is 83.3 Å². The summed E-state index contributed by atoms with van der Waals surface area (Å²) in [5.41, 5.74) is 1.40. The number of benzene rings is 3. The first-order valence-electron chi connectivity index (χ1n) is 9.70. The summed E-state index contributed by atoms with van der Waals surface area (Å²) in [6.07, 6.45) is 1.56. The lowest BCUT2D eigenvalue weighted by atomic mass is 10.1. The van der Waals surface area contributed by atoms with Crippen molar-refractivity contribution in [1.82, 2.24) is 0 Å². The van der Waals surface area contributed by atoms with Crippen LogP contribution in [-0.2, 0) is 14.3 Å². The van der Waals surface area contributed by atoms with E-state index < -0.39 is 22.9 Å². The van der Waals surface area contributed by atoms with Crippen molar-refractivity contribution in [2.45, 2.75) is 6.10 Å². The van der Waals surface area contributed by atoms with Gasteiger partial charge >= 0.3 is 5.97 Å². The molecule has 0 aliphatic rings. The van der Waals surface area contributed by atoms with Gasteiger partial charge in [-0.05, 0) is 45.8 Å². The molecular formula is C24H19BrN2O6. The van der Waals surface area contributed by atoms with E-state index in [1.54, 1.807) is 67.8 Å². The normalized spacial score (nSPS) is 11.6. The van der Waals surface area contributed by atoms with E-state index in [-0.39, 0.29) is 5.69 Å². The van der Waals surface area contributed by atoms with Crippen LogP contribution in [0, 0.1) is 10.1 Å². The monoisotopic (exact) mass is 510 g/mol. The minimum atomic E-state index is -1.23. The number of carbonyl (C=O) groups excluding carboxylic acids is 2. The highest BCUT2D eigenvalue weighted by atomic mass is 79.9. The maximum Gasteiger partial charge on any atom is 0.331 e. The minimum Gasteiger partial charge on any atom is -0.497 e. The summed E-state index contributed by atoms with van der Waals surface area (Å²) in [5.74, 6) is -0.632. The number of esters is 1. The van der Waals surface area contributed by atoms with Crippen LogP contribution >= 0.6 is 15.9 Å². The molecule has 168 valence electrons. The largest absolute Gasteiger partial charge is 0.497 e. The lowest BCUT2D eigenvalue weighted by Crippen LogP contribution is -2.25. The Hall–Kier alpha value is -3.98. The lowest BCUT2D eigenvalue weighted by molar-refractivity contribution is -0.384. The van der Waals surface area contributed by atoms with E-state index in [0.717, 1.165) is 5.56 Å². The van der Waals surface area contributed by atoms with E-state index in [9.17, 15) is 19.7 Å². The van der Waals surface area contributed by atoms with Crippen LogP contribution in [0.3, 0.4) is 0 Å². The van der Waals surface area contributed by atoms with Gasteiger partial charge < -0.3 is 14.8 Å². The van der Waals surface area contributed by atoms with Crippen LogP contribution in [0.5, 0.6) is 5.75 Å². The van der Waals surface area contributed by atoms with Gasteiger partial charge in [0.2, 0.25) is 6.10 Å². The summed E-state index contributed by atoms with van der Waals surface area (Å²) in [6, 6.07) is 19.5. The number of nitro groups is 1. The summed E-state index contributed by atoms with van der Waals surface area (Å²) in [5, 5.41) is 13.6. The van der Waals surface area contributed by atoms with Gasteiger partial charge in [-0.2, -0.15) is 0 Å². The van der Waals surface area contributed by atoms with Gasteiger partial charge in [0.15, 0.2) is 0 Å². The number of nitrogens with zero attached hydrogens (tertiary/aromatic N) is 1. The topological polar surface area (TPSA) is 108 Å². The molecule has 3 aromatic rings. The number of nitro benzene ring substituents is 1. The second kappa shape index (κ2) is 11.1. The van der Waals surface area contributed by atoms with E-state index in [0.29, 0.717) is 21.5 Å². The van der Waals surface area contributed by atoms with Gasteiger partial charge in [0.25, 0.3) is 11.6 Å². The Morgan fingerprint density at radius 3 is 2.36 bits per heavy atom. The highest BCUT2D eigenvalue weighted by Gasteiger charge is 2.25. The van der Waals surface area contributed by atoms with Crippen molar-refractivity contribution >= 4 is 45.3 Å². The molecule has 1 amide bonds. The average Bonchev–Trinajstić information content (AvgIpc) is 2.83. The first-order valence-corrected chi connectivity index (χ1v) is 10.5. The van der Waals surface area contributed by atoms with Crippen molar-refractivity contribution in [3.8, 4) is 5.75 Å². The molecule has 3 aromatic carbocycles. The van der Waals surface area contributed by atoms with Gasteiger partial charge in [0, 0.05) is 28.2 Å². The highest BCUT2D eigenvalue weighted by molar-refractivity contribution is 9.10. The van der Waals surface area contributed by atoms with E-state index in [4.69, 9.17) is 9.47 Å². The standard InChI is InChI=1S/C24H19BrN2O6/c1-32-19-11-7-16(8-12-19)9-14-22(28)33-23(17-5-3-2-4-6-17)24(29)26-21-13-10-18(27(30)31)15-20(21)25/h2-15,23H,1H3,(H,26,29)/b14-9+. The fourth-order valence-electron chi connectivity index (χ4n) is 2.85. The molecule has 1 atom stereocenters. The molecule has 1 N–H and O–H groups in total. The van der Waals surface area contributed by atoms with Crippen LogP contribution in [-0.4, -0.2) is 23.9 Å². The number of halogens is 1. The third-order valence-corrected chi connectivity index (χ3v) is 5.18. The van der Waals surface area contributed by atoms with E-state index in [1.807, 2.05) is 0 Å². The molecule has 33 heavy (non-hydrogen) atoms. The molecule has 0 saturated heterocycles. The Morgan fingerprint density at radius 2 is 1.76 bits per heavy atom. The minimum absolute atomic E-state index is 0.130. The molecule has 0 saturated carbocycles. The SMILES string of the molecule is COc1ccc(/C=C/C(=O)OC(C(=O)Nc2ccc([N+](=O)[O-])cc2Br)c2ccccc2)cc1. The number of hydrogen-bond donors (Lipinski definition) is 1. The second-order valence-corrected chi connectivity index (χ2v) is 7.60.